The number of benzene rings is 1. The molecule has 0 aliphatic carbocycles. The Hall–Kier alpha value is -2.70. The number of nitrogens with one attached hydrogen (secondary N) is 2. The number of hydrogen-bond donors (Lipinski definition) is 2. The zero-order valence-corrected chi connectivity index (χ0v) is 10.8. The Kier molecular flexibility index (Phi) is 4.09. The molecule has 0 bridgehead atoms. The second-order valence-electron chi connectivity index (χ2n) is 4.17. The normalized spacial score (nSPS) is 10.1. The molecule has 0 aliphatic rings. The molecule has 7 heteroatoms. The van der Waals surface area contributed by atoms with Crippen LogP contribution in [0.15, 0.2) is 36.7 Å². The van der Waals surface area contributed by atoms with Gasteiger partial charge in [-0.15, -0.1) is 0 Å². The highest BCUT2D eigenvalue weighted by atomic mass is 19.1. The van der Waals surface area contributed by atoms with Gasteiger partial charge in [0.05, 0.1) is 6.20 Å². The fourth-order valence-electron chi connectivity index (χ4n) is 1.58. The third-order valence-corrected chi connectivity index (χ3v) is 2.50. The van der Waals surface area contributed by atoms with Crippen LogP contribution in [0.2, 0.25) is 0 Å². The number of halogens is 1. The molecule has 0 spiro atoms. The van der Waals surface area contributed by atoms with Crippen molar-refractivity contribution < 1.29 is 14.0 Å². The number of nitrogens with zero attached hydrogens (tertiary/aromatic N) is 2. The Morgan fingerprint density at radius 3 is 2.80 bits per heavy atom. The van der Waals surface area contributed by atoms with Gasteiger partial charge in [0.2, 0.25) is 0 Å². The van der Waals surface area contributed by atoms with Crippen LogP contribution < -0.4 is 10.6 Å². The first-order chi connectivity index (χ1) is 9.54. The summed E-state index contributed by atoms with van der Waals surface area (Å²) in [5, 5.41) is 8.70. The van der Waals surface area contributed by atoms with E-state index in [-0.39, 0.29) is 12.2 Å². The minimum atomic E-state index is -0.848. The van der Waals surface area contributed by atoms with Gasteiger partial charge < -0.3 is 10.6 Å². The molecule has 2 aromatic rings. The third kappa shape index (κ3) is 3.64. The first-order valence-corrected chi connectivity index (χ1v) is 5.87. The predicted octanol–water partition coefficient (Wildman–Crippen LogP) is 0.814. The minimum absolute atomic E-state index is 0.198. The molecule has 0 fully saturated rings. The Balaban J connectivity index is 1.87. The molecule has 0 atom stereocenters. The topological polar surface area (TPSA) is 76.0 Å². The van der Waals surface area contributed by atoms with Gasteiger partial charge in [-0.3, -0.25) is 14.3 Å². The fraction of sp³-hybridized carbons (Fsp3) is 0.154. The van der Waals surface area contributed by atoms with E-state index in [0.717, 1.165) is 11.6 Å². The molecule has 20 heavy (non-hydrogen) atoms. The average molecular weight is 276 g/mol. The maximum absolute atomic E-state index is 12.9. The Bertz CT molecular complexity index is 639. The molecule has 1 aromatic heterocycles. The lowest BCUT2D eigenvalue weighted by Gasteiger charge is -2.05. The molecule has 2 rings (SSSR count). The summed E-state index contributed by atoms with van der Waals surface area (Å²) in [5.74, 6) is -2.13. The first kappa shape index (κ1) is 13.7. The average Bonchev–Trinajstić information content (AvgIpc) is 2.81. The van der Waals surface area contributed by atoms with Gasteiger partial charge in [-0.05, 0) is 18.2 Å². The molecule has 104 valence electrons. The van der Waals surface area contributed by atoms with Crippen LogP contribution in [0.3, 0.4) is 0 Å². The number of anilines is 1. The smallest absolute Gasteiger partial charge is 0.313 e. The Morgan fingerprint density at radius 2 is 2.15 bits per heavy atom. The summed E-state index contributed by atoms with van der Waals surface area (Å²) < 4.78 is 14.5. The first-order valence-electron chi connectivity index (χ1n) is 5.87. The molecule has 0 radical (unpaired) electrons. The maximum Gasteiger partial charge on any atom is 0.313 e. The van der Waals surface area contributed by atoms with Crippen molar-refractivity contribution in [3.8, 4) is 0 Å². The third-order valence-electron chi connectivity index (χ3n) is 2.50. The number of hydrogen-bond acceptors (Lipinski definition) is 3. The van der Waals surface area contributed by atoms with Crippen molar-refractivity contribution in [2.24, 2.45) is 7.05 Å². The molecule has 0 saturated heterocycles. The summed E-state index contributed by atoms with van der Waals surface area (Å²) in [6.45, 7) is 0.198. The van der Waals surface area contributed by atoms with Crippen molar-refractivity contribution in [3.05, 3.63) is 48.0 Å². The van der Waals surface area contributed by atoms with Gasteiger partial charge in [0.25, 0.3) is 0 Å². The van der Waals surface area contributed by atoms with E-state index in [1.807, 2.05) is 0 Å². The number of rotatable bonds is 3. The second kappa shape index (κ2) is 5.96. The molecule has 6 nitrogen and oxygen atoms in total. The molecular weight excluding hydrogens is 263 g/mol. The van der Waals surface area contributed by atoms with Crippen molar-refractivity contribution in [3.63, 3.8) is 0 Å². The van der Waals surface area contributed by atoms with Gasteiger partial charge in [-0.25, -0.2) is 4.39 Å². The number of carbonyl (C=O) groups excluding carboxylic acids is 2. The molecular formula is C13H13FN4O2. The van der Waals surface area contributed by atoms with Gasteiger partial charge in [0.15, 0.2) is 0 Å². The van der Waals surface area contributed by atoms with E-state index in [9.17, 15) is 14.0 Å². The molecule has 2 N–H and O–H groups in total. The lowest BCUT2D eigenvalue weighted by atomic mass is 10.3. The van der Waals surface area contributed by atoms with Gasteiger partial charge in [-0.1, -0.05) is 6.07 Å². The van der Waals surface area contributed by atoms with Crippen LogP contribution in [0.4, 0.5) is 10.1 Å². The standard InChI is InChI=1S/C13H13FN4O2/c1-18-8-9(7-16-18)6-15-12(19)13(20)17-11-4-2-3-10(14)5-11/h2-5,7-8H,6H2,1H3,(H,15,19)(H,17,20). The number of amides is 2. The summed E-state index contributed by atoms with van der Waals surface area (Å²) in [6.07, 6.45) is 3.31. The number of aromatic nitrogens is 2. The van der Waals surface area contributed by atoms with Gasteiger partial charge in [-0.2, -0.15) is 5.10 Å². The van der Waals surface area contributed by atoms with Crippen molar-refractivity contribution in [1.82, 2.24) is 15.1 Å². The van der Waals surface area contributed by atoms with E-state index < -0.39 is 17.6 Å². The second-order valence-corrected chi connectivity index (χ2v) is 4.17. The van der Waals surface area contributed by atoms with E-state index in [1.54, 1.807) is 24.1 Å². The molecule has 0 aliphatic heterocycles. The highest BCUT2D eigenvalue weighted by molar-refractivity contribution is 6.39. The van der Waals surface area contributed by atoms with Crippen molar-refractivity contribution in [1.29, 1.82) is 0 Å². The van der Waals surface area contributed by atoms with Crippen LogP contribution in [-0.2, 0) is 23.2 Å². The van der Waals surface area contributed by atoms with Crippen LogP contribution in [0.1, 0.15) is 5.56 Å². The van der Waals surface area contributed by atoms with Crippen LogP contribution in [0.25, 0.3) is 0 Å². The van der Waals surface area contributed by atoms with Gasteiger partial charge >= 0.3 is 11.8 Å². The molecule has 2 amide bonds. The van der Waals surface area contributed by atoms with Crippen LogP contribution in [0, 0.1) is 5.82 Å². The SMILES string of the molecule is Cn1cc(CNC(=O)C(=O)Nc2cccc(F)c2)cn1. The van der Waals surface area contributed by atoms with Crippen molar-refractivity contribution in [2.75, 3.05) is 5.32 Å². The quantitative estimate of drug-likeness (QED) is 0.815. The van der Waals surface area contributed by atoms with Crippen LogP contribution >= 0.6 is 0 Å². The number of carbonyl (C=O) groups is 2. The predicted molar refractivity (Wildman–Crippen MR) is 70.1 cm³/mol. The summed E-state index contributed by atoms with van der Waals surface area (Å²) in [5.41, 5.74) is 1.01. The summed E-state index contributed by atoms with van der Waals surface area (Å²) in [6, 6.07) is 5.32. The van der Waals surface area contributed by atoms with Crippen molar-refractivity contribution >= 4 is 17.5 Å². The monoisotopic (exact) mass is 276 g/mol. The molecule has 0 unspecified atom stereocenters. The molecule has 1 heterocycles. The number of aryl methyl sites for hydroxylation is 1. The zero-order valence-electron chi connectivity index (χ0n) is 10.8. The summed E-state index contributed by atoms with van der Waals surface area (Å²) >= 11 is 0. The van der Waals surface area contributed by atoms with Crippen LogP contribution in [-0.4, -0.2) is 21.6 Å². The zero-order chi connectivity index (χ0) is 14.5. The van der Waals surface area contributed by atoms with E-state index >= 15 is 0 Å². The fourth-order valence-corrected chi connectivity index (χ4v) is 1.58. The van der Waals surface area contributed by atoms with Gasteiger partial charge in [0.1, 0.15) is 5.82 Å². The van der Waals surface area contributed by atoms with Gasteiger partial charge in [0, 0.05) is 31.0 Å². The minimum Gasteiger partial charge on any atom is -0.344 e. The summed E-state index contributed by atoms with van der Waals surface area (Å²) in [4.78, 5) is 23.2. The van der Waals surface area contributed by atoms with E-state index in [4.69, 9.17) is 0 Å². The summed E-state index contributed by atoms with van der Waals surface area (Å²) in [7, 11) is 1.75. The highest BCUT2D eigenvalue weighted by Crippen LogP contribution is 2.08. The van der Waals surface area contributed by atoms with E-state index in [0.29, 0.717) is 0 Å². The maximum atomic E-state index is 12.9. The van der Waals surface area contributed by atoms with Crippen LogP contribution in [0.5, 0.6) is 0 Å². The van der Waals surface area contributed by atoms with E-state index in [2.05, 4.69) is 15.7 Å². The lowest BCUT2D eigenvalue weighted by molar-refractivity contribution is -0.136. The lowest BCUT2D eigenvalue weighted by Crippen LogP contribution is -2.34. The Morgan fingerprint density at radius 1 is 1.35 bits per heavy atom. The largest absolute Gasteiger partial charge is 0.344 e. The highest BCUT2D eigenvalue weighted by Gasteiger charge is 2.13. The Labute approximate surface area is 114 Å². The molecule has 0 saturated carbocycles. The molecule has 1 aromatic carbocycles. The van der Waals surface area contributed by atoms with E-state index in [1.165, 1.54) is 18.2 Å². The van der Waals surface area contributed by atoms with Crippen molar-refractivity contribution in [2.45, 2.75) is 6.54 Å².